The third kappa shape index (κ3) is 1.68. The average Bonchev–Trinajstić information content (AvgIpc) is 2.95. The molecule has 0 amide bonds. The van der Waals surface area contributed by atoms with Crippen molar-refractivity contribution in [2.24, 2.45) is 5.84 Å². The van der Waals surface area contributed by atoms with Crippen molar-refractivity contribution in [3.05, 3.63) is 11.8 Å². The number of rotatable bonds is 2. The fraction of sp³-hybridized carbons (Fsp3) is 0.500. The molecule has 3 N–H and O–H groups in total. The molecule has 2 aromatic rings. The minimum Gasteiger partial charge on any atom is -0.339 e. The van der Waals surface area contributed by atoms with Gasteiger partial charge in [-0.05, 0) is 19.8 Å². The monoisotopic (exact) mass is 233 g/mol. The Balaban J connectivity index is 2.11. The molecule has 0 aliphatic carbocycles. The number of nitrogens with zero attached hydrogens (tertiary/aromatic N) is 5. The van der Waals surface area contributed by atoms with Gasteiger partial charge in [-0.25, -0.2) is 10.8 Å². The van der Waals surface area contributed by atoms with Crippen molar-refractivity contribution in [3.8, 4) is 0 Å². The number of hydrogen-bond donors (Lipinski definition) is 2. The van der Waals surface area contributed by atoms with Gasteiger partial charge in [0.1, 0.15) is 5.82 Å². The second-order valence-electron chi connectivity index (χ2n) is 4.24. The molecular weight excluding hydrogens is 218 g/mol. The van der Waals surface area contributed by atoms with Crippen LogP contribution in [0.3, 0.4) is 0 Å². The minimum absolute atomic E-state index is 0.583. The van der Waals surface area contributed by atoms with Crippen molar-refractivity contribution in [2.75, 3.05) is 23.4 Å². The standard InChI is InChI=1S/C10H15N7/c1-7-6-8(14-11)17-9(12-7)13-10(15-17)16-4-2-3-5-16/h6,14H,2-5,11H2,1H3. The van der Waals surface area contributed by atoms with E-state index in [4.69, 9.17) is 5.84 Å². The Morgan fingerprint density at radius 2 is 2.06 bits per heavy atom. The molecule has 0 spiro atoms. The topological polar surface area (TPSA) is 84.4 Å². The zero-order chi connectivity index (χ0) is 11.8. The lowest BCUT2D eigenvalue weighted by molar-refractivity contribution is 0.870. The molecule has 7 nitrogen and oxygen atoms in total. The van der Waals surface area contributed by atoms with Crippen LogP contribution < -0.4 is 16.2 Å². The second-order valence-corrected chi connectivity index (χ2v) is 4.24. The van der Waals surface area contributed by atoms with E-state index in [-0.39, 0.29) is 0 Å². The van der Waals surface area contributed by atoms with E-state index in [9.17, 15) is 0 Å². The number of nitrogen functional groups attached to an aromatic ring is 1. The minimum atomic E-state index is 0.583. The predicted molar refractivity (Wildman–Crippen MR) is 64.8 cm³/mol. The van der Waals surface area contributed by atoms with Crippen LogP contribution in [0.25, 0.3) is 5.78 Å². The van der Waals surface area contributed by atoms with Crippen LogP contribution in [0.2, 0.25) is 0 Å². The third-order valence-corrected chi connectivity index (χ3v) is 2.97. The van der Waals surface area contributed by atoms with E-state index < -0.39 is 0 Å². The molecule has 1 fully saturated rings. The number of anilines is 2. The number of fused-ring (bicyclic) bond motifs is 1. The Hall–Kier alpha value is -1.89. The summed E-state index contributed by atoms with van der Waals surface area (Å²) in [7, 11) is 0. The molecule has 1 saturated heterocycles. The quantitative estimate of drug-likeness (QED) is 0.574. The molecule has 0 unspecified atom stereocenters. The van der Waals surface area contributed by atoms with Gasteiger partial charge >= 0.3 is 0 Å². The largest absolute Gasteiger partial charge is 0.339 e. The molecule has 0 atom stereocenters. The molecule has 90 valence electrons. The summed E-state index contributed by atoms with van der Waals surface area (Å²) in [5, 5.41) is 4.43. The van der Waals surface area contributed by atoms with Crippen LogP contribution in [-0.2, 0) is 0 Å². The van der Waals surface area contributed by atoms with E-state index in [1.54, 1.807) is 4.52 Å². The fourth-order valence-corrected chi connectivity index (χ4v) is 2.13. The Morgan fingerprint density at radius 3 is 2.76 bits per heavy atom. The Morgan fingerprint density at radius 1 is 1.29 bits per heavy atom. The van der Waals surface area contributed by atoms with E-state index in [0.29, 0.717) is 11.6 Å². The van der Waals surface area contributed by atoms with Gasteiger partial charge in [-0.2, -0.15) is 9.50 Å². The lowest BCUT2D eigenvalue weighted by Crippen LogP contribution is -2.19. The average molecular weight is 233 g/mol. The highest BCUT2D eigenvalue weighted by Crippen LogP contribution is 2.18. The molecule has 0 aromatic carbocycles. The predicted octanol–water partition coefficient (Wildman–Crippen LogP) is 0.319. The highest BCUT2D eigenvalue weighted by Gasteiger charge is 2.18. The van der Waals surface area contributed by atoms with E-state index in [1.807, 2.05) is 13.0 Å². The van der Waals surface area contributed by atoms with E-state index >= 15 is 0 Å². The summed E-state index contributed by atoms with van der Waals surface area (Å²) in [5.74, 6) is 7.48. The summed E-state index contributed by atoms with van der Waals surface area (Å²) in [6, 6.07) is 1.84. The van der Waals surface area contributed by atoms with Crippen LogP contribution >= 0.6 is 0 Å². The van der Waals surface area contributed by atoms with Crippen LogP contribution in [0.5, 0.6) is 0 Å². The first-order chi connectivity index (χ1) is 8.28. The van der Waals surface area contributed by atoms with Crippen molar-refractivity contribution in [2.45, 2.75) is 19.8 Å². The van der Waals surface area contributed by atoms with Crippen molar-refractivity contribution in [1.29, 1.82) is 0 Å². The normalized spacial score (nSPS) is 15.8. The molecule has 3 heterocycles. The molecular formula is C10H15N7. The van der Waals surface area contributed by atoms with Crippen molar-refractivity contribution >= 4 is 17.5 Å². The van der Waals surface area contributed by atoms with Crippen LogP contribution in [0.1, 0.15) is 18.5 Å². The van der Waals surface area contributed by atoms with Crippen molar-refractivity contribution in [3.63, 3.8) is 0 Å². The second kappa shape index (κ2) is 3.85. The maximum Gasteiger partial charge on any atom is 0.256 e. The maximum absolute atomic E-state index is 5.47. The number of nitrogens with one attached hydrogen (secondary N) is 1. The number of aryl methyl sites for hydroxylation is 1. The van der Waals surface area contributed by atoms with Crippen LogP contribution in [-0.4, -0.2) is 32.7 Å². The van der Waals surface area contributed by atoms with Gasteiger partial charge in [0.25, 0.3) is 5.78 Å². The first kappa shape index (κ1) is 10.3. The lowest BCUT2D eigenvalue weighted by atomic mass is 10.4. The maximum atomic E-state index is 5.47. The Labute approximate surface area is 98.6 Å². The summed E-state index contributed by atoms with van der Waals surface area (Å²) < 4.78 is 1.64. The molecule has 3 rings (SSSR count). The Kier molecular flexibility index (Phi) is 2.32. The van der Waals surface area contributed by atoms with Crippen LogP contribution in [0.4, 0.5) is 11.8 Å². The van der Waals surface area contributed by atoms with Crippen molar-refractivity contribution < 1.29 is 0 Å². The smallest absolute Gasteiger partial charge is 0.256 e. The SMILES string of the molecule is Cc1cc(NN)n2nc(N3CCCC3)nc2n1. The Bertz CT molecular complexity index is 541. The van der Waals surface area contributed by atoms with Gasteiger partial charge in [-0.1, -0.05) is 0 Å². The van der Waals surface area contributed by atoms with Gasteiger partial charge in [0.15, 0.2) is 0 Å². The lowest BCUT2D eigenvalue weighted by Gasteiger charge is -2.10. The zero-order valence-electron chi connectivity index (χ0n) is 9.72. The number of aromatic nitrogens is 4. The van der Waals surface area contributed by atoms with Crippen molar-refractivity contribution in [1.82, 2.24) is 19.6 Å². The summed E-state index contributed by atoms with van der Waals surface area (Å²) in [4.78, 5) is 10.9. The molecule has 17 heavy (non-hydrogen) atoms. The van der Waals surface area contributed by atoms with Gasteiger partial charge < -0.3 is 10.3 Å². The van der Waals surface area contributed by atoms with E-state index in [0.717, 1.165) is 24.7 Å². The summed E-state index contributed by atoms with van der Waals surface area (Å²) in [6.07, 6.45) is 2.40. The highest BCUT2D eigenvalue weighted by molar-refractivity contribution is 5.48. The molecule has 0 radical (unpaired) electrons. The van der Waals surface area contributed by atoms with Gasteiger partial charge in [0, 0.05) is 24.8 Å². The molecule has 0 saturated carbocycles. The van der Waals surface area contributed by atoms with Gasteiger partial charge in [-0.3, -0.25) is 0 Å². The van der Waals surface area contributed by atoms with E-state index in [2.05, 4.69) is 25.4 Å². The number of hydrazine groups is 1. The molecule has 7 heteroatoms. The molecule has 1 aliphatic rings. The third-order valence-electron chi connectivity index (χ3n) is 2.97. The fourth-order valence-electron chi connectivity index (χ4n) is 2.13. The summed E-state index contributed by atoms with van der Waals surface area (Å²) >= 11 is 0. The molecule has 1 aliphatic heterocycles. The summed E-state index contributed by atoms with van der Waals surface area (Å²) in [5.41, 5.74) is 3.48. The first-order valence-electron chi connectivity index (χ1n) is 5.74. The highest BCUT2D eigenvalue weighted by atomic mass is 15.5. The van der Waals surface area contributed by atoms with Crippen LogP contribution in [0, 0.1) is 6.92 Å². The van der Waals surface area contributed by atoms with E-state index in [1.165, 1.54) is 12.8 Å². The first-order valence-corrected chi connectivity index (χ1v) is 5.74. The zero-order valence-corrected chi connectivity index (χ0v) is 9.72. The van der Waals surface area contributed by atoms with Gasteiger partial charge in [-0.15, -0.1) is 5.10 Å². The summed E-state index contributed by atoms with van der Waals surface area (Å²) in [6.45, 7) is 3.94. The number of nitrogens with two attached hydrogens (primary N) is 1. The van der Waals surface area contributed by atoms with Crippen LogP contribution in [0.15, 0.2) is 6.07 Å². The molecule has 2 aromatic heterocycles. The molecule has 0 bridgehead atoms. The van der Waals surface area contributed by atoms with Gasteiger partial charge in [0.05, 0.1) is 0 Å². The van der Waals surface area contributed by atoms with Gasteiger partial charge in [0.2, 0.25) is 5.95 Å². The number of hydrogen-bond acceptors (Lipinski definition) is 6.